The van der Waals surface area contributed by atoms with Crippen molar-refractivity contribution >= 4 is 30.2 Å². The number of urea groups is 2. The van der Waals surface area contributed by atoms with E-state index in [0.717, 1.165) is 111 Å². The standard InChI is InChI=1S/C28H31F3N4O5.C28H32F3N3O4/c1-39-23-13-17(29)5-8-20(23)15-2-6-19(7-3-15)34-11-10-18(14-34)33-27(37)35-24(25(26(32)36)40-28(35)38)16-4-9-21(30)22(31)12-16;1-16-26(18-5-10-23(30)24(31)13-18)34(28(36)38-16)27(35)32-20-11-12-33(15-20)21-7-3-17(4-8-21)22-9-6-19(29)14-25(22)37-2/h4-5,8-9,12-13,15,18-19,24-25H,2-3,6-7,10-11,14H2,1H3,(H2,32,36)(H,33,37);5-6,9-10,13-14,16-17,20-21,26H,3-4,7-8,11-12,15H2,1-2H3,(H,32,35). The van der Waals surface area contributed by atoms with Crippen LogP contribution in [0.15, 0.2) is 72.8 Å². The van der Waals surface area contributed by atoms with Crippen LogP contribution in [0.5, 0.6) is 11.5 Å². The lowest BCUT2D eigenvalue weighted by Crippen LogP contribution is -2.48. The highest BCUT2D eigenvalue weighted by Gasteiger charge is 2.50. The summed E-state index contributed by atoms with van der Waals surface area (Å²) in [5.41, 5.74) is 7.73. The number of hydrogen-bond acceptors (Lipinski definition) is 11. The fourth-order valence-corrected chi connectivity index (χ4v) is 12.4. The van der Waals surface area contributed by atoms with Gasteiger partial charge in [-0.05, 0) is 142 Å². The van der Waals surface area contributed by atoms with Crippen molar-refractivity contribution in [1.82, 2.24) is 30.2 Å². The Kier molecular flexibility index (Phi) is 17.1. The number of rotatable bonds is 11. The predicted molar refractivity (Wildman–Crippen MR) is 270 cm³/mol. The van der Waals surface area contributed by atoms with Crippen molar-refractivity contribution in [3.8, 4) is 11.5 Å². The number of ether oxygens (including phenoxy) is 4. The third kappa shape index (κ3) is 12.0. The van der Waals surface area contributed by atoms with Gasteiger partial charge in [-0.15, -0.1) is 0 Å². The van der Waals surface area contributed by atoms with Crippen LogP contribution in [0.2, 0.25) is 0 Å². The van der Waals surface area contributed by atoms with E-state index in [1.165, 1.54) is 36.4 Å². The van der Waals surface area contributed by atoms with Crippen LogP contribution in [0.1, 0.15) is 117 Å². The van der Waals surface area contributed by atoms with Crippen LogP contribution >= 0.6 is 0 Å². The minimum Gasteiger partial charge on any atom is -0.496 e. The molecule has 4 heterocycles. The Morgan fingerprint density at radius 3 is 1.40 bits per heavy atom. The van der Waals surface area contributed by atoms with Gasteiger partial charge in [0.25, 0.3) is 5.91 Å². The molecule has 4 N–H and O–H groups in total. The lowest BCUT2D eigenvalue weighted by molar-refractivity contribution is -0.125. The number of nitrogens with zero attached hydrogens (tertiary/aromatic N) is 4. The number of imide groups is 2. The molecule has 16 nitrogen and oxygen atoms in total. The molecular weight excluding hydrogens is 1030 g/mol. The number of primary amides is 1. The second-order valence-corrected chi connectivity index (χ2v) is 20.9. The molecule has 0 spiro atoms. The molecule has 7 amide bonds. The summed E-state index contributed by atoms with van der Waals surface area (Å²) in [6.07, 6.45) is 4.85. The smallest absolute Gasteiger partial charge is 0.419 e. The average Bonchev–Trinajstić information content (AvgIpc) is 4.34. The summed E-state index contributed by atoms with van der Waals surface area (Å²) in [6, 6.07) is 12.2. The van der Waals surface area contributed by atoms with Gasteiger partial charge >= 0.3 is 24.2 Å². The molecule has 4 aliphatic heterocycles. The summed E-state index contributed by atoms with van der Waals surface area (Å²) in [6.45, 7) is 4.43. The molecular formula is C56H63F6N7O9. The third-order valence-electron chi connectivity index (χ3n) is 16.3. The third-order valence-corrected chi connectivity index (χ3v) is 16.3. The molecule has 0 radical (unpaired) electrons. The maximum Gasteiger partial charge on any atom is 0.419 e. The van der Waals surface area contributed by atoms with Crippen LogP contribution in [0, 0.1) is 34.9 Å². The number of amides is 7. The molecule has 4 aromatic carbocycles. The lowest BCUT2D eigenvalue weighted by Gasteiger charge is -2.35. The number of nitrogens with one attached hydrogen (secondary N) is 2. The summed E-state index contributed by atoms with van der Waals surface area (Å²) in [5, 5.41) is 5.78. The van der Waals surface area contributed by atoms with E-state index in [9.17, 15) is 50.3 Å². The largest absolute Gasteiger partial charge is 0.496 e. The number of benzene rings is 4. The second-order valence-electron chi connectivity index (χ2n) is 20.9. The second kappa shape index (κ2) is 23.9. The average molecular weight is 1090 g/mol. The number of carbonyl (C=O) groups excluding carboxylic acids is 5. The maximum atomic E-state index is 13.9. The van der Waals surface area contributed by atoms with Crippen molar-refractivity contribution in [3.63, 3.8) is 0 Å². The Morgan fingerprint density at radius 2 is 0.974 bits per heavy atom. The van der Waals surface area contributed by atoms with E-state index in [1.807, 2.05) is 6.07 Å². The molecule has 78 heavy (non-hydrogen) atoms. The molecule has 0 aromatic heterocycles. The molecule has 22 heteroatoms. The van der Waals surface area contributed by atoms with E-state index in [1.54, 1.807) is 27.2 Å². The molecule has 10 rings (SSSR count). The first kappa shape index (κ1) is 55.7. The fourth-order valence-electron chi connectivity index (χ4n) is 12.4. The van der Waals surface area contributed by atoms with Gasteiger partial charge in [-0.3, -0.25) is 14.6 Å². The molecule has 418 valence electrons. The van der Waals surface area contributed by atoms with Gasteiger partial charge in [0.1, 0.15) is 41.3 Å². The highest BCUT2D eigenvalue weighted by Crippen LogP contribution is 2.42. The molecule has 6 fully saturated rings. The van der Waals surface area contributed by atoms with Gasteiger partial charge in [0, 0.05) is 62.5 Å². The van der Waals surface area contributed by atoms with Crippen LogP contribution in [0.3, 0.4) is 0 Å². The van der Waals surface area contributed by atoms with Gasteiger partial charge in [0.2, 0.25) is 6.10 Å². The number of likely N-dealkylation sites (tertiary alicyclic amines) is 2. The first-order valence-corrected chi connectivity index (χ1v) is 26.4. The Balaban J connectivity index is 0.000000190. The van der Waals surface area contributed by atoms with E-state index >= 15 is 0 Å². The van der Waals surface area contributed by atoms with E-state index in [2.05, 4.69) is 20.4 Å². The Hall–Kier alpha value is -7.07. The quantitative estimate of drug-likeness (QED) is 0.122. The summed E-state index contributed by atoms with van der Waals surface area (Å²) in [5.74, 6) is -4.26. The highest BCUT2D eigenvalue weighted by atomic mass is 19.2. The number of nitrogens with two attached hydrogens (primary N) is 1. The van der Waals surface area contributed by atoms with Gasteiger partial charge in [-0.2, -0.15) is 0 Å². The zero-order chi connectivity index (χ0) is 55.5. The first-order chi connectivity index (χ1) is 37.4. The zero-order valence-electron chi connectivity index (χ0n) is 43.4. The minimum absolute atomic E-state index is 0.00583. The molecule has 6 unspecified atom stereocenters. The predicted octanol–water partition coefficient (Wildman–Crippen LogP) is 9.47. The van der Waals surface area contributed by atoms with E-state index in [-0.39, 0.29) is 35.2 Å². The normalized spacial score (nSPS) is 27.4. The van der Waals surface area contributed by atoms with Crippen LogP contribution < -0.4 is 25.8 Å². The SMILES string of the molecule is COc1cc(F)ccc1C1CCC(N2CCC(NC(=O)N3C(=O)OC(C(N)=O)C3c3ccc(F)c(F)c3)C2)CC1.COc1cc(F)ccc1C1CCC(N2CCC(NC(=O)N3C(=O)OC(C)C3c3ccc(F)c(F)c3)C2)CC1. The molecule has 6 aliphatic rings. The van der Waals surface area contributed by atoms with Gasteiger partial charge in [0.15, 0.2) is 23.3 Å². The number of cyclic esters (lactones) is 2. The molecule has 2 aliphatic carbocycles. The zero-order valence-corrected chi connectivity index (χ0v) is 43.4. The van der Waals surface area contributed by atoms with Crippen molar-refractivity contribution in [2.24, 2.45) is 5.73 Å². The summed E-state index contributed by atoms with van der Waals surface area (Å²) in [7, 11) is 3.10. The molecule has 4 aromatic rings. The molecule has 6 atom stereocenters. The van der Waals surface area contributed by atoms with Gasteiger partial charge in [0.05, 0.1) is 14.2 Å². The lowest BCUT2D eigenvalue weighted by atomic mass is 9.81. The van der Waals surface area contributed by atoms with Crippen molar-refractivity contribution < 1.29 is 69.3 Å². The monoisotopic (exact) mass is 1090 g/mol. The van der Waals surface area contributed by atoms with E-state index < -0.39 is 77.7 Å². The number of carbonyl (C=O) groups is 5. The van der Waals surface area contributed by atoms with E-state index in [0.29, 0.717) is 59.5 Å². The number of hydrogen-bond donors (Lipinski definition) is 3. The van der Waals surface area contributed by atoms with Crippen molar-refractivity contribution in [2.45, 2.75) is 131 Å². The van der Waals surface area contributed by atoms with Crippen molar-refractivity contribution in [1.29, 1.82) is 0 Å². The Labute approximate surface area is 447 Å². The first-order valence-electron chi connectivity index (χ1n) is 26.4. The number of methoxy groups -OCH3 is 2. The summed E-state index contributed by atoms with van der Waals surface area (Å²) < 4.78 is 103. The van der Waals surface area contributed by atoms with Gasteiger partial charge in [-0.25, -0.2) is 55.3 Å². The Morgan fingerprint density at radius 1 is 0.551 bits per heavy atom. The van der Waals surface area contributed by atoms with Crippen molar-refractivity contribution in [3.05, 3.63) is 130 Å². The summed E-state index contributed by atoms with van der Waals surface area (Å²) >= 11 is 0. The van der Waals surface area contributed by atoms with Gasteiger partial charge in [-0.1, -0.05) is 24.3 Å². The van der Waals surface area contributed by atoms with Crippen LogP contribution in [0.25, 0.3) is 0 Å². The van der Waals surface area contributed by atoms with Gasteiger partial charge < -0.3 is 35.3 Å². The fraction of sp³-hybridized carbons (Fsp3) is 0.482. The van der Waals surface area contributed by atoms with Crippen molar-refractivity contribution in [2.75, 3.05) is 40.4 Å². The van der Waals surface area contributed by atoms with Crippen LogP contribution in [-0.2, 0) is 14.3 Å². The topological polar surface area (TPSA) is 185 Å². The Bertz CT molecular complexity index is 2890. The van der Waals surface area contributed by atoms with Crippen LogP contribution in [-0.4, -0.2) is 127 Å². The number of halogens is 6. The highest BCUT2D eigenvalue weighted by molar-refractivity contribution is 5.97. The molecule has 2 saturated carbocycles. The van der Waals surface area contributed by atoms with Crippen LogP contribution in [0.4, 0.5) is 45.5 Å². The summed E-state index contributed by atoms with van der Waals surface area (Å²) in [4.78, 5) is 69.8. The maximum absolute atomic E-state index is 13.9. The molecule has 4 saturated heterocycles. The minimum atomic E-state index is -1.54. The van der Waals surface area contributed by atoms with E-state index in [4.69, 9.17) is 24.7 Å². The molecule has 0 bridgehead atoms.